The van der Waals surface area contributed by atoms with Gasteiger partial charge in [-0.15, -0.1) is 0 Å². The molecule has 2 aliphatic rings. The van der Waals surface area contributed by atoms with E-state index in [0.29, 0.717) is 32.7 Å². The number of nitrogens with one attached hydrogen (secondary N) is 2. The Labute approximate surface area is 178 Å². The third kappa shape index (κ3) is 5.87. The van der Waals surface area contributed by atoms with Gasteiger partial charge in [-0.25, -0.2) is 4.79 Å². The smallest absolute Gasteiger partial charge is 0.409 e. The van der Waals surface area contributed by atoms with Gasteiger partial charge < -0.3 is 25.2 Å². The molecule has 2 aliphatic heterocycles. The second kappa shape index (κ2) is 10.8. The van der Waals surface area contributed by atoms with Crippen LogP contribution < -0.4 is 10.6 Å². The van der Waals surface area contributed by atoms with Crippen LogP contribution in [0, 0.1) is 0 Å². The van der Waals surface area contributed by atoms with Crippen LogP contribution in [0.15, 0.2) is 29.3 Å². The molecule has 3 rings (SSSR count). The summed E-state index contributed by atoms with van der Waals surface area (Å²) in [7, 11) is 1.75. The molecule has 30 heavy (non-hydrogen) atoms. The Kier molecular flexibility index (Phi) is 7.93. The van der Waals surface area contributed by atoms with Crippen LogP contribution in [-0.2, 0) is 22.6 Å². The predicted molar refractivity (Wildman–Crippen MR) is 116 cm³/mol. The van der Waals surface area contributed by atoms with Crippen molar-refractivity contribution >= 4 is 18.0 Å². The Balaban J connectivity index is 1.32. The third-order valence-corrected chi connectivity index (χ3v) is 5.64. The maximum absolute atomic E-state index is 12.5. The van der Waals surface area contributed by atoms with Gasteiger partial charge in [0, 0.05) is 52.2 Å². The first-order valence-corrected chi connectivity index (χ1v) is 10.8. The number of ether oxygens (including phenoxy) is 1. The number of amides is 2. The molecule has 0 aromatic heterocycles. The number of carbonyl (C=O) groups is 2. The van der Waals surface area contributed by atoms with Gasteiger partial charge in [-0.05, 0) is 37.3 Å². The lowest BCUT2D eigenvalue weighted by Gasteiger charge is -2.32. The molecule has 0 aliphatic carbocycles. The lowest BCUT2D eigenvalue weighted by atomic mass is 10.1. The summed E-state index contributed by atoms with van der Waals surface area (Å²) in [5, 5.41) is 6.71. The van der Waals surface area contributed by atoms with Gasteiger partial charge in [-0.2, -0.15) is 0 Å². The third-order valence-electron chi connectivity index (χ3n) is 5.64. The molecule has 8 heteroatoms. The van der Waals surface area contributed by atoms with Crippen molar-refractivity contribution in [2.24, 2.45) is 4.99 Å². The number of hydrogen-bond acceptors (Lipinski definition) is 4. The van der Waals surface area contributed by atoms with E-state index in [4.69, 9.17) is 4.74 Å². The molecule has 0 bridgehead atoms. The Morgan fingerprint density at radius 3 is 2.40 bits per heavy atom. The largest absolute Gasteiger partial charge is 0.450 e. The van der Waals surface area contributed by atoms with E-state index in [1.54, 1.807) is 11.9 Å². The molecule has 1 fully saturated rings. The van der Waals surface area contributed by atoms with Crippen molar-refractivity contribution < 1.29 is 14.3 Å². The summed E-state index contributed by atoms with van der Waals surface area (Å²) in [6.07, 6.45) is 2.76. The maximum Gasteiger partial charge on any atom is 0.409 e. The molecule has 0 saturated carbocycles. The van der Waals surface area contributed by atoms with Gasteiger partial charge in [0.1, 0.15) is 0 Å². The van der Waals surface area contributed by atoms with Crippen LogP contribution in [-0.4, -0.2) is 67.1 Å². The zero-order chi connectivity index (χ0) is 21.3. The average molecular weight is 416 g/mol. The molecule has 0 unspecified atom stereocenters. The molecule has 2 amide bonds. The van der Waals surface area contributed by atoms with Crippen LogP contribution in [0.3, 0.4) is 0 Å². The lowest BCUT2D eigenvalue weighted by molar-refractivity contribution is -0.131. The highest BCUT2D eigenvalue weighted by atomic mass is 16.6. The first-order chi connectivity index (χ1) is 14.6. The number of guanidine groups is 1. The minimum atomic E-state index is -0.232. The number of likely N-dealkylation sites (tertiary alicyclic amines) is 1. The SMILES string of the molecule is CCOC(=O)N1CCC(NC(=NC)NCCCC(=O)N2Cc3ccccc3C2)CC1. The van der Waals surface area contributed by atoms with Gasteiger partial charge in [0.15, 0.2) is 5.96 Å². The molecular weight excluding hydrogens is 382 g/mol. The number of fused-ring (bicyclic) bond motifs is 1. The summed E-state index contributed by atoms with van der Waals surface area (Å²) in [5.41, 5.74) is 2.50. The summed E-state index contributed by atoms with van der Waals surface area (Å²) in [6, 6.07) is 8.51. The van der Waals surface area contributed by atoms with Gasteiger partial charge in [0.2, 0.25) is 5.91 Å². The molecule has 1 saturated heterocycles. The van der Waals surface area contributed by atoms with Crippen molar-refractivity contribution in [1.82, 2.24) is 20.4 Å². The number of nitrogens with zero attached hydrogens (tertiary/aromatic N) is 3. The Hall–Kier alpha value is -2.77. The van der Waals surface area contributed by atoms with E-state index < -0.39 is 0 Å². The first-order valence-electron chi connectivity index (χ1n) is 10.8. The van der Waals surface area contributed by atoms with Crippen molar-refractivity contribution in [2.75, 3.05) is 33.3 Å². The number of hydrogen-bond donors (Lipinski definition) is 2. The predicted octanol–water partition coefficient (Wildman–Crippen LogP) is 2.09. The number of piperidine rings is 1. The van der Waals surface area contributed by atoms with Crippen molar-refractivity contribution in [3.8, 4) is 0 Å². The number of benzene rings is 1. The van der Waals surface area contributed by atoms with Crippen molar-refractivity contribution in [3.05, 3.63) is 35.4 Å². The van der Waals surface area contributed by atoms with Crippen molar-refractivity contribution in [3.63, 3.8) is 0 Å². The highest BCUT2D eigenvalue weighted by Gasteiger charge is 2.24. The van der Waals surface area contributed by atoms with Crippen LogP contribution >= 0.6 is 0 Å². The number of rotatable bonds is 6. The van der Waals surface area contributed by atoms with Crippen LogP contribution in [0.4, 0.5) is 4.79 Å². The van der Waals surface area contributed by atoms with E-state index >= 15 is 0 Å². The van der Waals surface area contributed by atoms with Crippen molar-refractivity contribution in [1.29, 1.82) is 0 Å². The molecular formula is C22H33N5O3. The minimum absolute atomic E-state index is 0.197. The quantitative estimate of drug-likeness (QED) is 0.422. The normalized spacial score (nSPS) is 16.9. The second-order valence-electron chi connectivity index (χ2n) is 7.73. The molecule has 0 atom stereocenters. The highest BCUT2D eigenvalue weighted by molar-refractivity contribution is 5.80. The molecule has 164 valence electrons. The van der Waals surface area contributed by atoms with Crippen molar-refractivity contribution in [2.45, 2.75) is 51.7 Å². The second-order valence-corrected chi connectivity index (χ2v) is 7.73. The van der Waals surface area contributed by atoms with Gasteiger partial charge >= 0.3 is 6.09 Å². The summed E-state index contributed by atoms with van der Waals surface area (Å²) in [4.78, 5) is 32.2. The van der Waals surface area contributed by atoms with Crippen LogP contribution in [0.2, 0.25) is 0 Å². The topological polar surface area (TPSA) is 86.3 Å². The number of aliphatic imine (C=N–C) groups is 1. The zero-order valence-corrected chi connectivity index (χ0v) is 18.0. The zero-order valence-electron chi connectivity index (χ0n) is 18.0. The van der Waals surface area contributed by atoms with Crippen LogP contribution in [0.1, 0.15) is 43.7 Å². The molecule has 1 aromatic rings. The summed E-state index contributed by atoms with van der Waals surface area (Å²) in [5.74, 6) is 0.938. The van der Waals surface area contributed by atoms with E-state index in [-0.39, 0.29) is 18.0 Å². The molecule has 0 radical (unpaired) electrons. The molecule has 2 heterocycles. The van der Waals surface area contributed by atoms with E-state index in [1.807, 2.05) is 24.0 Å². The molecule has 0 spiro atoms. The van der Waals surface area contributed by atoms with Crippen LogP contribution in [0.25, 0.3) is 0 Å². The Morgan fingerprint density at radius 2 is 1.80 bits per heavy atom. The average Bonchev–Trinajstić information content (AvgIpc) is 3.21. The van der Waals surface area contributed by atoms with E-state index in [0.717, 1.165) is 38.3 Å². The molecule has 8 nitrogen and oxygen atoms in total. The van der Waals surface area contributed by atoms with Gasteiger partial charge in [0.25, 0.3) is 0 Å². The summed E-state index contributed by atoms with van der Waals surface area (Å²) in [6.45, 7) is 5.71. The first kappa shape index (κ1) is 21.9. The number of carbonyl (C=O) groups excluding carboxylic acids is 2. The maximum atomic E-state index is 12.5. The fourth-order valence-electron chi connectivity index (χ4n) is 3.92. The fourth-order valence-corrected chi connectivity index (χ4v) is 3.92. The van der Waals surface area contributed by atoms with Gasteiger partial charge in [-0.1, -0.05) is 24.3 Å². The van der Waals surface area contributed by atoms with Crippen LogP contribution in [0.5, 0.6) is 0 Å². The Morgan fingerprint density at radius 1 is 1.13 bits per heavy atom. The van der Waals surface area contributed by atoms with E-state index in [2.05, 4.69) is 27.8 Å². The standard InChI is InChI=1S/C22H33N5O3/c1-3-30-22(29)26-13-10-19(11-14-26)25-21(23-2)24-12-6-9-20(28)27-15-17-7-4-5-8-18(17)16-27/h4-5,7-8,19H,3,6,9-16H2,1-2H3,(H2,23,24,25). The molecule has 2 N–H and O–H groups in total. The Bertz CT molecular complexity index is 734. The van der Waals surface area contributed by atoms with Gasteiger partial charge in [-0.3, -0.25) is 9.79 Å². The minimum Gasteiger partial charge on any atom is -0.450 e. The molecule has 1 aromatic carbocycles. The summed E-state index contributed by atoms with van der Waals surface area (Å²) >= 11 is 0. The highest BCUT2D eigenvalue weighted by Crippen LogP contribution is 2.22. The monoisotopic (exact) mass is 415 g/mol. The fraction of sp³-hybridized carbons (Fsp3) is 0.591. The summed E-state index contributed by atoms with van der Waals surface area (Å²) < 4.78 is 5.06. The van der Waals surface area contributed by atoms with E-state index in [1.165, 1.54) is 11.1 Å². The van der Waals surface area contributed by atoms with Gasteiger partial charge in [0.05, 0.1) is 6.61 Å². The lowest BCUT2D eigenvalue weighted by Crippen LogP contribution is -2.50. The van der Waals surface area contributed by atoms with E-state index in [9.17, 15) is 9.59 Å².